The molecule has 1 nitrogen and oxygen atoms in total. The number of anilines is 1. The summed E-state index contributed by atoms with van der Waals surface area (Å²) in [4.78, 5) is 0. The van der Waals surface area contributed by atoms with Gasteiger partial charge in [0.15, 0.2) is 0 Å². The van der Waals surface area contributed by atoms with Crippen LogP contribution in [0.1, 0.15) is 44.7 Å². The second kappa shape index (κ2) is 4.06. The zero-order valence-electron chi connectivity index (χ0n) is 10.5. The summed E-state index contributed by atoms with van der Waals surface area (Å²) in [5, 5.41) is 3.54. The van der Waals surface area contributed by atoms with Crippen molar-refractivity contribution >= 4 is 21.6 Å². The van der Waals surface area contributed by atoms with Gasteiger partial charge in [0.1, 0.15) is 0 Å². The molecular formula is C14H20BrN. The Kier molecular flexibility index (Phi) is 3.04. The van der Waals surface area contributed by atoms with Crippen LogP contribution in [0.2, 0.25) is 0 Å². The Labute approximate surface area is 107 Å². The molecule has 1 N–H and O–H groups in total. The average Bonchev–Trinajstić information content (AvgIpc) is 2.14. The Morgan fingerprint density at radius 2 is 2.00 bits per heavy atom. The maximum Gasteiger partial charge on any atom is 0.0517 e. The number of rotatable bonds is 1. The van der Waals surface area contributed by atoms with Crippen molar-refractivity contribution in [2.45, 2.75) is 40.0 Å². The molecule has 0 bridgehead atoms. The third-order valence-electron chi connectivity index (χ3n) is 3.27. The summed E-state index contributed by atoms with van der Waals surface area (Å²) in [7, 11) is 0. The quantitative estimate of drug-likeness (QED) is 0.795. The first-order chi connectivity index (χ1) is 7.39. The van der Waals surface area contributed by atoms with Crippen LogP contribution in [0.5, 0.6) is 0 Å². The topological polar surface area (TPSA) is 12.0 Å². The molecule has 0 spiro atoms. The molecule has 1 aromatic rings. The van der Waals surface area contributed by atoms with Gasteiger partial charge in [0.05, 0.1) is 5.69 Å². The Bertz CT molecular complexity index is 407. The molecule has 16 heavy (non-hydrogen) atoms. The van der Waals surface area contributed by atoms with Gasteiger partial charge >= 0.3 is 0 Å². The van der Waals surface area contributed by atoms with E-state index in [-0.39, 0.29) is 0 Å². The van der Waals surface area contributed by atoms with Crippen molar-refractivity contribution < 1.29 is 0 Å². The van der Waals surface area contributed by atoms with Crippen LogP contribution in [-0.2, 0) is 6.42 Å². The lowest BCUT2D eigenvalue weighted by Gasteiger charge is -2.33. The van der Waals surface area contributed by atoms with Crippen LogP contribution in [0.15, 0.2) is 16.6 Å². The Balaban J connectivity index is 2.45. The average molecular weight is 282 g/mol. The van der Waals surface area contributed by atoms with Crippen LogP contribution < -0.4 is 5.32 Å². The van der Waals surface area contributed by atoms with E-state index < -0.39 is 0 Å². The molecule has 0 aliphatic carbocycles. The number of hydrogen-bond donors (Lipinski definition) is 1. The third kappa shape index (κ3) is 2.27. The van der Waals surface area contributed by atoms with Crippen molar-refractivity contribution in [3.05, 3.63) is 27.7 Å². The zero-order chi connectivity index (χ0) is 11.9. The van der Waals surface area contributed by atoms with E-state index in [1.54, 1.807) is 0 Å². The van der Waals surface area contributed by atoms with Crippen LogP contribution in [0.3, 0.4) is 0 Å². The maximum absolute atomic E-state index is 3.68. The van der Waals surface area contributed by atoms with Gasteiger partial charge in [0, 0.05) is 11.0 Å². The highest BCUT2D eigenvalue weighted by Crippen LogP contribution is 2.38. The highest BCUT2D eigenvalue weighted by molar-refractivity contribution is 9.10. The molecule has 88 valence electrons. The fourth-order valence-electron chi connectivity index (χ4n) is 2.26. The van der Waals surface area contributed by atoms with Gasteiger partial charge in [-0.05, 0) is 50.9 Å². The molecule has 0 radical (unpaired) electrons. The first-order valence-electron chi connectivity index (χ1n) is 5.95. The minimum Gasteiger partial charge on any atom is -0.383 e. The van der Waals surface area contributed by atoms with E-state index >= 15 is 0 Å². The molecule has 0 amide bonds. The smallest absolute Gasteiger partial charge is 0.0517 e. The summed E-state index contributed by atoms with van der Waals surface area (Å²) >= 11 is 3.68. The van der Waals surface area contributed by atoms with Gasteiger partial charge < -0.3 is 5.32 Å². The van der Waals surface area contributed by atoms with E-state index in [0.29, 0.717) is 11.3 Å². The fraction of sp³-hybridized carbons (Fsp3) is 0.571. The fourth-order valence-corrected chi connectivity index (χ4v) is 2.92. The zero-order valence-corrected chi connectivity index (χ0v) is 12.1. The minimum atomic E-state index is 0.363. The van der Waals surface area contributed by atoms with Gasteiger partial charge in [-0.1, -0.05) is 33.8 Å². The van der Waals surface area contributed by atoms with Gasteiger partial charge in [-0.15, -0.1) is 0 Å². The minimum absolute atomic E-state index is 0.363. The lowest BCUT2D eigenvalue weighted by molar-refractivity contribution is 0.379. The molecule has 1 heterocycles. The maximum atomic E-state index is 3.68. The summed E-state index contributed by atoms with van der Waals surface area (Å²) in [5.74, 6) is 0.589. The van der Waals surface area contributed by atoms with Gasteiger partial charge in [-0.2, -0.15) is 0 Å². The first kappa shape index (κ1) is 12.0. The third-order valence-corrected chi connectivity index (χ3v) is 3.90. The van der Waals surface area contributed by atoms with Crippen molar-refractivity contribution in [1.82, 2.24) is 0 Å². The highest BCUT2D eigenvalue weighted by Gasteiger charge is 2.26. The van der Waals surface area contributed by atoms with Crippen molar-refractivity contribution in [3.8, 4) is 0 Å². The lowest BCUT2D eigenvalue weighted by atomic mass is 9.81. The molecule has 2 heteroatoms. The molecule has 1 aliphatic heterocycles. The van der Waals surface area contributed by atoms with E-state index in [0.717, 1.165) is 13.0 Å². The summed E-state index contributed by atoms with van der Waals surface area (Å²) in [6.45, 7) is 10.2. The predicted octanol–water partition coefficient (Wildman–Crippen LogP) is 4.57. The molecule has 0 unspecified atom stereocenters. The van der Waals surface area contributed by atoms with Crippen LogP contribution in [0.25, 0.3) is 0 Å². The van der Waals surface area contributed by atoms with Crippen molar-refractivity contribution in [3.63, 3.8) is 0 Å². The molecule has 1 aliphatic rings. The second-order valence-corrected chi connectivity index (χ2v) is 6.74. The predicted molar refractivity (Wildman–Crippen MR) is 74.2 cm³/mol. The largest absolute Gasteiger partial charge is 0.383 e. The van der Waals surface area contributed by atoms with E-state index in [9.17, 15) is 0 Å². The lowest BCUT2D eigenvalue weighted by Crippen LogP contribution is -2.30. The summed E-state index contributed by atoms with van der Waals surface area (Å²) in [5.41, 5.74) is 4.53. The van der Waals surface area contributed by atoms with E-state index in [1.165, 1.54) is 21.3 Å². The Morgan fingerprint density at radius 3 is 2.62 bits per heavy atom. The number of benzene rings is 1. The second-order valence-electron chi connectivity index (χ2n) is 5.89. The Hall–Kier alpha value is -0.500. The molecule has 0 saturated carbocycles. The van der Waals surface area contributed by atoms with E-state index in [2.05, 4.69) is 61.1 Å². The van der Waals surface area contributed by atoms with Crippen LogP contribution in [0.4, 0.5) is 5.69 Å². The highest BCUT2D eigenvalue weighted by atomic mass is 79.9. The summed E-state index contributed by atoms with van der Waals surface area (Å²) in [6, 6.07) is 4.60. The molecule has 1 aromatic carbocycles. The van der Waals surface area contributed by atoms with E-state index in [4.69, 9.17) is 0 Å². The van der Waals surface area contributed by atoms with Crippen LogP contribution >= 0.6 is 15.9 Å². The molecule has 0 atom stereocenters. The van der Waals surface area contributed by atoms with Gasteiger partial charge in [0.25, 0.3) is 0 Å². The number of nitrogens with one attached hydrogen (secondary N) is 1. The molecule has 0 aromatic heterocycles. The monoisotopic (exact) mass is 281 g/mol. The summed E-state index contributed by atoms with van der Waals surface area (Å²) < 4.78 is 1.21. The number of halogens is 1. The van der Waals surface area contributed by atoms with E-state index in [1.807, 2.05) is 0 Å². The van der Waals surface area contributed by atoms with Crippen molar-refractivity contribution in [1.29, 1.82) is 0 Å². The van der Waals surface area contributed by atoms with Crippen LogP contribution in [-0.4, -0.2) is 6.54 Å². The van der Waals surface area contributed by atoms with Crippen molar-refractivity contribution in [2.24, 2.45) is 5.41 Å². The molecule has 2 rings (SSSR count). The number of hydrogen-bond acceptors (Lipinski definition) is 1. The SMILES string of the molecule is CC(C)c1cc(Br)c2c(c1)CC(C)(C)CN2. The molecular weight excluding hydrogens is 262 g/mol. The van der Waals surface area contributed by atoms with Gasteiger partial charge in [0.2, 0.25) is 0 Å². The van der Waals surface area contributed by atoms with Crippen LogP contribution in [0, 0.1) is 5.41 Å². The first-order valence-corrected chi connectivity index (χ1v) is 6.74. The standard InChI is InChI=1S/C14H20BrN/c1-9(2)10-5-11-7-14(3,4)8-16-13(11)12(15)6-10/h5-6,9,16H,7-8H2,1-4H3. The molecule has 0 saturated heterocycles. The summed E-state index contributed by atoms with van der Waals surface area (Å²) in [6.07, 6.45) is 1.16. The Morgan fingerprint density at radius 1 is 1.31 bits per heavy atom. The number of fused-ring (bicyclic) bond motifs is 1. The normalized spacial score (nSPS) is 18.1. The van der Waals surface area contributed by atoms with Gasteiger partial charge in [-0.3, -0.25) is 0 Å². The van der Waals surface area contributed by atoms with Gasteiger partial charge in [-0.25, -0.2) is 0 Å². The molecule has 0 fully saturated rings. The van der Waals surface area contributed by atoms with Crippen molar-refractivity contribution in [2.75, 3.05) is 11.9 Å².